The molecule has 0 fully saturated rings. The van der Waals surface area contributed by atoms with Crippen LogP contribution in [0.15, 0.2) is 53.3 Å². The highest BCUT2D eigenvalue weighted by atomic mass is 15.2. The summed E-state index contributed by atoms with van der Waals surface area (Å²) in [4.78, 5) is 5.95. The molecule has 0 unspecified atom stereocenters. The molecule has 0 aromatic heterocycles. The summed E-state index contributed by atoms with van der Waals surface area (Å²) in [7, 11) is 2.03. The average Bonchev–Trinajstić information content (AvgIpc) is 2.68. The normalized spacial score (nSPS) is 17.4. The largest absolute Gasteiger partial charge is 0.347 e. The number of hydrogen-bond donors (Lipinski definition) is 0. The molecular formula is C17H16N4. The number of nitriles is 2. The molecule has 0 N–H and O–H groups in total. The third kappa shape index (κ3) is 2.57. The molecule has 1 aliphatic rings. The molecule has 1 aromatic carbocycles. The molecular weight excluding hydrogens is 260 g/mol. The van der Waals surface area contributed by atoms with E-state index in [9.17, 15) is 0 Å². The van der Waals surface area contributed by atoms with Crippen LogP contribution in [0.5, 0.6) is 0 Å². The summed E-state index contributed by atoms with van der Waals surface area (Å²) in [6.07, 6.45) is 5.20. The van der Waals surface area contributed by atoms with Crippen molar-refractivity contribution < 1.29 is 0 Å². The monoisotopic (exact) mass is 276 g/mol. The van der Waals surface area contributed by atoms with Gasteiger partial charge in [-0.2, -0.15) is 10.5 Å². The van der Waals surface area contributed by atoms with Gasteiger partial charge in [0.05, 0.1) is 0 Å². The molecule has 104 valence electrons. The van der Waals surface area contributed by atoms with Crippen molar-refractivity contribution in [1.29, 1.82) is 10.5 Å². The lowest BCUT2D eigenvalue weighted by atomic mass is 9.84. The Hall–Kier alpha value is -2.85. The minimum atomic E-state index is -0.146. The summed E-state index contributed by atoms with van der Waals surface area (Å²) >= 11 is 0. The zero-order valence-corrected chi connectivity index (χ0v) is 12.3. The molecule has 1 aromatic rings. The Kier molecular flexibility index (Phi) is 3.91. The zero-order chi connectivity index (χ0) is 15.5. The minimum absolute atomic E-state index is 0.0906. The van der Waals surface area contributed by atoms with Crippen LogP contribution >= 0.6 is 0 Å². The maximum absolute atomic E-state index is 8.62. The molecule has 0 aliphatic carbocycles. The van der Waals surface area contributed by atoms with Gasteiger partial charge < -0.3 is 4.90 Å². The highest BCUT2D eigenvalue weighted by Gasteiger charge is 2.37. The van der Waals surface area contributed by atoms with Crippen LogP contribution in [0.25, 0.3) is 0 Å². The van der Waals surface area contributed by atoms with Gasteiger partial charge in [-0.25, -0.2) is 4.99 Å². The molecule has 4 heteroatoms. The number of benzene rings is 1. The number of aliphatic imine (C=N–C) groups is 1. The topological polar surface area (TPSA) is 63.2 Å². The Balaban J connectivity index is 2.33. The Bertz CT molecular complexity index is 708. The second-order valence-corrected chi connectivity index (χ2v) is 5.30. The fraction of sp³-hybridized carbons (Fsp3) is 0.235. The minimum Gasteiger partial charge on any atom is -0.347 e. The van der Waals surface area contributed by atoms with E-state index in [0.717, 1.165) is 5.70 Å². The summed E-state index contributed by atoms with van der Waals surface area (Å²) in [6, 6.07) is 11.8. The predicted molar refractivity (Wildman–Crippen MR) is 83.8 cm³/mol. The summed E-state index contributed by atoms with van der Waals surface area (Å²) in [5, 5.41) is 17.2. The van der Waals surface area contributed by atoms with E-state index in [-0.39, 0.29) is 11.1 Å². The number of rotatable bonds is 2. The van der Waals surface area contributed by atoms with Crippen molar-refractivity contribution in [2.75, 3.05) is 11.9 Å². The molecule has 2 rings (SSSR count). The summed E-state index contributed by atoms with van der Waals surface area (Å²) in [5.74, 6) is 0. The molecule has 1 aliphatic heterocycles. The van der Waals surface area contributed by atoms with Crippen molar-refractivity contribution in [2.24, 2.45) is 4.99 Å². The first-order valence-electron chi connectivity index (χ1n) is 6.61. The molecule has 21 heavy (non-hydrogen) atoms. The van der Waals surface area contributed by atoms with E-state index in [1.807, 2.05) is 25.3 Å². The fourth-order valence-electron chi connectivity index (χ4n) is 2.64. The third-order valence-electron chi connectivity index (χ3n) is 3.70. The highest BCUT2D eigenvalue weighted by Crippen LogP contribution is 2.46. The van der Waals surface area contributed by atoms with Gasteiger partial charge in [-0.05, 0) is 23.8 Å². The van der Waals surface area contributed by atoms with Crippen molar-refractivity contribution in [1.82, 2.24) is 0 Å². The van der Waals surface area contributed by atoms with Gasteiger partial charge in [0.15, 0.2) is 0 Å². The second-order valence-electron chi connectivity index (χ2n) is 5.30. The lowest BCUT2D eigenvalue weighted by Gasteiger charge is -2.23. The average molecular weight is 276 g/mol. The van der Waals surface area contributed by atoms with Gasteiger partial charge in [0, 0.05) is 30.0 Å². The quantitative estimate of drug-likeness (QED) is 0.778. The van der Waals surface area contributed by atoms with E-state index in [0.29, 0.717) is 0 Å². The summed E-state index contributed by atoms with van der Waals surface area (Å²) < 4.78 is 0. The summed E-state index contributed by atoms with van der Waals surface area (Å²) in [5.41, 5.74) is 3.38. The van der Waals surface area contributed by atoms with Gasteiger partial charge in [-0.3, -0.25) is 0 Å². The van der Waals surface area contributed by atoms with Gasteiger partial charge in [-0.15, -0.1) is 0 Å². The van der Waals surface area contributed by atoms with Crippen molar-refractivity contribution in [3.63, 3.8) is 0 Å². The number of para-hydroxylation sites is 1. The molecule has 4 nitrogen and oxygen atoms in total. The van der Waals surface area contributed by atoms with E-state index in [4.69, 9.17) is 10.5 Å². The number of allylic oxidation sites excluding steroid dienone is 3. The van der Waals surface area contributed by atoms with Crippen molar-refractivity contribution in [2.45, 2.75) is 19.3 Å². The standard InChI is InChI=1S/C17H16N4/c1-17(2)14-7-4-5-8-15(14)21(3)16(17)9-6-10-20-13(11-18)12-19/h4-10H,1-3H3/b10-6?,16-9+. The van der Waals surface area contributed by atoms with E-state index in [1.165, 1.54) is 17.5 Å². The van der Waals surface area contributed by atoms with Crippen LogP contribution in [0, 0.1) is 22.7 Å². The third-order valence-corrected chi connectivity index (χ3v) is 3.70. The van der Waals surface area contributed by atoms with Crippen LogP contribution in [0.1, 0.15) is 19.4 Å². The van der Waals surface area contributed by atoms with Gasteiger partial charge in [-0.1, -0.05) is 32.0 Å². The van der Waals surface area contributed by atoms with Crippen LogP contribution in [0.4, 0.5) is 5.69 Å². The number of nitrogens with zero attached hydrogens (tertiary/aromatic N) is 4. The smallest absolute Gasteiger partial charge is 0.217 e. The van der Waals surface area contributed by atoms with E-state index in [2.05, 4.69) is 35.9 Å². The molecule has 0 saturated carbocycles. The first kappa shape index (κ1) is 14.6. The van der Waals surface area contributed by atoms with Crippen LogP contribution in [-0.2, 0) is 5.41 Å². The molecule has 0 radical (unpaired) electrons. The molecule has 0 saturated heterocycles. The van der Waals surface area contributed by atoms with Gasteiger partial charge in [0.2, 0.25) is 5.71 Å². The molecule has 0 spiro atoms. The Labute approximate surface area is 125 Å². The second kappa shape index (κ2) is 5.64. The summed E-state index contributed by atoms with van der Waals surface area (Å²) in [6.45, 7) is 4.35. The molecule has 0 atom stereocenters. The van der Waals surface area contributed by atoms with Crippen LogP contribution in [0.3, 0.4) is 0 Å². The van der Waals surface area contributed by atoms with E-state index in [1.54, 1.807) is 18.2 Å². The van der Waals surface area contributed by atoms with Crippen LogP contribution < -0.4 is 4.90 Å². The number of fused-ring (bicyclic) bond motifs is 1. The zero-order valence-electron chi connectivity index (χ0n) is 12.3. The SMILES string of the molecule is CN1/C(=C/C=CN=C(C#N)C#N)C(C)(C)c2ccccc21. The molecule has 0 bridgehead atoms. The van der Waals surface area contributed by atoms with E-state index < -0.39 is 0 Å². The number of likely N-dealkylation sites (N-methyl/N-ethyl adjacent to an activating group) is 1. The molecule has 1 heterocycles. The van der Waals surface area contributed by atoms with Gasteiger partial charge in [0.25, 0.3) is 0 Å². The lowest BCUT2D eigenvalue weighted by molar-refractivity contribution is 0.640. The first-order chi connectivity index (χ1) is 10.0. The Morgan fingerprint density at radius 2 is 1.90 bits per heavy atom. The number of anilines is 1. The predicted octanol–water partition coefficient (Wildman–Crippen LogP) is 3.30. The van der Waals surface area contributed by atoms with Crippen molar-refractivity contribution >= 4 is 11.4 Å². The van der Waals surface area contributed by atoms with Crippen LogP contribution in [0.2, 0.25) is 0 Å². The Morgan fingerprint density at radius 3 is 2.52 bits per heavy atom. The van der Waals surface area contributed by atoms with Crippen molar-refractivity contribution in [3.8, 4) is 12.1 Å². The van der Waals surface area contributed by atoms with Gasteiger partial charge in [0.1, 0.15) is 12.1 Å². The lowest BCUT2D eigenvalue weighted by Crippen LogP contribution is -2.22. The molecule has 0 amide bonds. The maximum Gasteiger partial charge on any atom is 0.217 e. The Morgan fingerprint density at radius 1 is 1.24 bits per heavy atom. The number of hydrogen-bond acceptors (Lipinski definition) is 4. The van der Waals surface area contributed by atoms with Crippen LogP contribution in [-0.4, -0.2) is 12.8 Å². The first-order valence-corrected chi connectivity index (χ1v) is 6.61. The fourth-order valence-corrected chi connectivity index (χ4v) is 2.64. The van der Waals surface area contributed by atoms with Gasteiger partial charge >= 0.3 is 0 Å². The van der Waals surface area contributed by atoms with Crippen molar-refractivity contribution in [3.05, 3.63) is 53.9 Å². The van der Waals surface area contributed by atoms with E-state index >= 15 is 0 Å². The maximum atomic E-state index is 8.62. The highest BCUT2D eigenvalue weighted by molar-refractivity contribution is 6.10.